The molecule has 0 aliphatic heterocycles. The number of benzene rings is 2. The van der Waals surface area contributed by atoms with Crippen molar-refractivity contribution < 1.29 is 33.4 Å². The zero-order chi connectivity index (χ0) is 38.3. The summed E-state index contributed by atoms with van der Waals surface area (Å²) in [6, 6.07) is 15.9. The van der Waals surface area contributed by atoms with Crippen LogP contribution < -0.4 is 30.7 Å². The van der Waals surface area contributed by atoms with Crippen molar-refractivity contribution in [1.29, 1.82) is 0 Å². The highest BCUT2D eigenvalue weighted by Crippen LogP contribution is 2.61. The first kappa shape index (κ1) is 45.1. The summed E-state index contributed by atoms with van der Waals surface area (Å²) >= 11 is 0. The van der Waals surface area contributed by atoms with Gasteiger partial charge in [-0.2, -0.15) is 0 Å². The van der Waals surface area contributed by atoms with Crippen LogP contribution in [0.4, 0.5) is 0 Å². The number of fused-ring (bicyclic) bond motifs is 2. The Labute approximate surface area is 360 Å². The minimum absolute atomic E-state index is 0. The molecule has 59 heavy (non-hydrogen) atoms. The predicted molar refractivity (Wildman–Crippen MR) is 234 cm³/mol. The summed E-state index contributed by atoms with van der Waals surface area (Å²) in [5.41, 5.74) is 1.47. The first-order valence-corrected chi connectivity index (χ1v) is 21.4. The van der Waals surface area contributed by atoms with Gasteiger partial charge in [0.15, 0.2) is 22.7 Å². The molecule has 2 amide bonds. The van der Waals surface area contributed by atoms with Gasteiger partial charge in [0.1, 0.15) is 11.5 Å². The van der Waals surface area contributed by atoms with Gasteiger partial charge in [0.05, 0.1) is 27.3 Å². The van der Waals surface area contributed by atoms with E-state index in [1.165, 1.54) is 38.5 Å². The number of carbonyl (C=O) groups excluding carboxylic acids is 2. The Kier molecular flexibility index (Phi) is 14.6. The van der Waals surface area contributed by atoms with Crippen LogP contribution in [0.5, 0.6) is 11.5 Å². The number of ether oxygens (including phenoxy) is 2. The lowest BCUT2D eigenvalue weighted by Gasteiger charge is -2.55. The fourth-order valence-corrected chi connectivity index (χ4v) is 12.8. The SMILES string of the molecule is COc1cccc2cc(CNCCNC(=O)C34CC5CC(CC(C5)C3)C4)oc12.COc1cccc2cc(CNCCNC(=O)C34CC5CC(CC(C5)C3)C4)oc12.Cl.Cl.O. The zero-order valence-corrected chi connectivity index (χ0v) is 36.2. The van der Waals surface area contributed by atoms with Gasteiger partial charge in [-0.15, -0.1) is 24.8 Å². The van der Waals surface area contributed by atoms with Gasteiger partial charge in [-0.05, 0) is 137 Å². The van der Waals surface area contributed by atoms with Crippen molar-refractivity contribution in [2.45, 2.75) is 90.1 Å². The second-order valence-corrected chi connectivity index (χ2v) is 18.4. The smallest absolute Gasteiger partial charge is 0.226 e. The molecular formula is C46H64Cl2N4O7. The molecule has 2 aromatic carbocycles. The summed E-state index contributed by atoms with van der Waals surface area (Å²) < 4.78 is 22.5. The Morgan fingerprint density at radius 3 is 1.24 bits per heavy atom. The van der Waals surface area contributed by atoms with E-state index < -0.39 is 0 Å². The van der Waals surface area contributed by atoms with Gasteiger partial charge < -0.3 is 45.1 Å². The van der Waals surface area contributed by atoms with Gasteiger partial charge in [-0.25, -0.2) is 0 Å². The Morgan fingerprint density at radius 2 is 0.915 bits per heavy atom. The molecule has 0 saturated heterocycles. The first-order chi connectivity index (χ1) is 27.3. The number of halogens is 2. The van der Waals surface area contributed by atoms with Gasteiger partial charge in [-0.3, -0.25) is 9.59 Å². The van der Waals surface area contributed by atoms with E-state index in [0.29, 0.717) is 38.0 Å². The Hall–Kier alpha value is -3.48. The number of para-hydroxylation sites is 2. The second-order valence-electron chi connectivity index (χ2n) is 18.4. The van der Waals surface area contributed by atoms with Crippen molar-refractivity contribution in [3.8, 4) is 11.5 Å². The van der Waals surface area contributed by atoms with Crippen LogP contribution >= 0.6 is 24.8 Å². The minimum atomic E-state index is -0.0515. The number of carbonyl (C=O) groups is 2. The molecule has 8 aliphatic rings. The molecule has 11 nitrogen and oxygen atoms in total. The lowest BCUT2D eigenvalue weighted by Crippen LogP contribution is -2.54. The van der Waals surface area contributed by atoms with E-state index in [4.69, 9.17) is 18.3 Å². The van der Waals surface area contributed by atoms with Crippen molar-refractivity contribution in [2.75, 3.05) is 40.4 Å². The van der Waals surface area contributed by atoms with Crippen LogP contribution in [0.1, 0.15) is 88.6 Å². The maximum Gasteiger partial charge on any atom is 0.226 e. The number of rotatable bonds is 14. The van der Waals surface area contributed by atoms with E-state index in [1.54, 1.807) is 14.2 Å². The van der Waals surface area contributed by atoms with E-state index in [1.807, 2.05) is 48.5 Å². The summed E-state index contributed by atoms with van der Waals surface area (Å²) in [5, 5.41) is 15.3. The Balaban J connectivity index is 0.000000189. The second kappa shape index (κ2) is 19.1. The lowest BCUT2D eigenvalue weighted by molar-refractivity contribution is -0.146. The fourth-order valence-electron chi connectivity index (χ4n) is 12.8. The van der Waals surface area contributed by atoms with Crippen LogP contribution in [0.25, 0.3) is 21.9 Å². The zero-order valence-electron chi connectivity index (χ0n) is 34.6. The summed E-state index contributed by atoms with van der Waals surface area (Å²) in [6.07, 6.45) is 15.0. The van der Waals surface area contributed by atoms with E-state index in [-0.39, 0.29) is 41.1 Å². The normalized spacial score (nSPS) is 29.1. The molecule has 6 N–H and O–H groups in total. The molecule has 2 aromatic heterocycles. The molecule has 0 atom stereocenters. The molecule has 8 fully saturated rings. The van der Waals surface area contributed by atoms with E-state index in [9.17, 15) is 9.59 Å². The van der Waals surface area contributed by atoms with Crippen molar-refractivity contribution in [3.63, 3.8) is 0 Å². The topological polar surface area (TPSA) is 158 Å². The van der Waals surface area contributed by atoms with Crippen molar-refractivity contribution in [3.05, 3.63) is 60.1 Å². The minimum Gasteiger partial charge on any atom is -0.493 e. The molecule has 12 rings (SSSR count). The number of hydrogen-bond donors (Lipinski definition) is 4. The highest BCUT2D eigenvalue weighted by molar-refractivity contribution is 5.86. The molecule has 4 aromatic rings. The van der Waals surface area contributed by atoms with Gasteiger partial charge in [0.2, 0.25) is 11.8 Å². The highest BCUT2D eigenvalue weighted by Gasteiger charge is 2.55. The molecule has 2 heterocycles. The maximum absolute atomic E-state index is 12.9. The maximum atomic E-state index is 12.9. The Bertz CT molecular complexity index is 1830. The average Bonchev–Trinajstić information content (AvgIpc) is 3.80. The molecule has 8 bridgehead atoms. The largest absolute Gasteiger partial charge is 0.493 e. The van der Waals surface area contributed by atoms with Crippen molar-refractivity contribution in [1.82, 2.24) is 21.3 Å². The molecule has 0 unspecified atom stereocenters. The standard InChI is InChI=1S/2C23H30N2O3.2ClH.H2O/c2*1-27-20-4-2-3-18-10-19(28-21(18)20)14-24-5-6-25-22(26)23-11-15-7-16(12-23)9-17(8-15)13-23;;;/h2*2-4,10,15-17,24H,5-9,11-14H2,1H3,(H,25,26);2*1H;1H2. The third-order valence-corrected chi connectivity index (χ3v) is 14.4. The van der Waals surface area contributed by atoms with Crippen LogP contribution in [-0.4, -0.2) is 57.7 Å². The van der Waals surface area contributed by atoms with Crippen LogP contribution in [0, 0.1) is 46.3 Å². The number of amides is 2. The molecular weight excluding hydrogens is 791 g/mol. The average molecular weight is 856 g/mol. The van der Waals surface area contributed by atoms with Gasteiger partial charge in [0, 0.05) is 47.8 Å². The molecule has 8 aliphatic carbocycles. The monoisotopic (exact) mass is 854 g/mol. The number of nitrogens with one attached hydrogen (secondary N) is 4. The predicted octanol–water partition coefficient (Wildman–Crippen LogP) is 7.75. The van der Waals surface area contributed by atoms with E-state index in [0.717, 1.165) is 132 Å². The first-order valence-electron chi connectivity index (χ1n) is 21.4. The van der Waals surface area contributed by atoms with Gasteiger partial charge in [-0.1, -0.05) is 24.3 Å². The fraction of sp³-hybridized carbons (Fsp3) is 0.609. The van der Waals surface area contributed by atoms with Gasteiger partial charge >= 0.3 is 0 Å². The molecule has 0 radical (unpaired) electrons. The van der Waals surface area contributed by atoms with E-state index >= 15 is 0 Å². The quantitative estimate of drug-likeness (QED) is 0.0939. The molecule has 0 spiro atoms. The summed E-state index contributed by atoms with van der Waals surface area (Å²) in [7, 11) is 3.31. The number of hydrogen-bond acceptors (Lipinski definition) is 8. The summed E-state index contributed by atoms with van der Waals surface area (Å²) in [4.78, 5) is 25.9. The summed E-state index contributed by atoms with van der Waals surface area (Å²) in [5.74, 6) is 8.72. The van der Waals surface area contributed by atoms with Gasteiger partial charge in [0.25, 0.3) is 0 Å². The van der Waals surface area contributed by atoms with Crippen LogP contribution in [0.2, 0.25) is 0 Å². The molecule has 8 saturated carbocycles. The number of methoxy groups -OCH3 is 2. The summed E-state index contributed by atoms with van der Waals surface area (Å²) in [6.45, 7) is 4.11. The highest BCUT2D eigenvalue weighted by atomic mass is 35.5. The third-order valence-electron chi connectivity index (χ3n) is 14.4. The van der Waals surface area contributed by atoms with E-state index in [2.05, 4.69) is 21.3 Å². The van der Waals surface area contributed by atoms with Crippen molar-refractivity contribution in [2.24, 2.45) is 46.3 Å². The Morgan fingerprint density at radius 1 is 0.576 bits per heavy atom. The van der Waals surface area contributed by atoms with Crippen LogP contribution in [-0.2, 0) is 22.7 Å². The van der Waals surface area contributed by atoms with Crippen LogP contribution in [0.3, 0.4) is 0 Å². The van der Waals surface area contributed by atoms with Crippen molar-refractivity contribution >= 4 is 58.6 Å². The third kappa shape index (κ3) is 9.39. The molecule has 324 valence electrons. The molecule has 13 heteroatoms. The van der Waals surface area contributed by atoms with Crippen LogP contribution in [0.15, 0.2) is 57.4 Å². The lowest BCUT2D eigenvalue weighted by atomic mass is 9.49. The number of furan rings is 2.